The summed E-state index contributed by atoms with van der Waals surface area (Å²) in [5.74, 6) is -1.75. The number of carbonyl (C=O) groups is 2. The lowest BCUT2D eigenvalue weighted by Gasteiger charge is -2.26. The summed E-state index contributed by atoms with van der Waals surface area (Å²) in [6, 6.07) is 6.42. The van der Waals surface area contributed by atoms with E-state index >= 15 is 0 Å². The fraction of sp³-hybridized carbons (Fsp3) is 0.353. The minimum Gasteiger partial charge on any atom is -0.481 e. The molecule has 2 heterocycles. The molecule has 1 saturated heterocycles. The van der Waals surface area contributed by atoms with Crippen LogP contribution in [0.15, 0.2) is 29.6 Å². The number of halogens is 1. The molecule has 1 unspecified atom stereocenters. The van der Waals surface area contributed by atoms with Crippen molar-refractivity contribution < 1.29 is 23.8 Å². The van der Waals surface area contributed by atoms with Crippen LogP contribution in [0, 0.1) is 5.82 Å². The number of ether oxygens (including phenoxy) is 1. The highest BCUT2D eigenvalue weighted by atomic mass is 32.1. The van der Waals surface area contributed by atoms with Crippen molar-refractivity contribution >= 4 is 23.2 Å². The Kier molecular flexibility index (Phi) is 5.10. The van der Waals surface area contributed by atoms with Crippen molar-refractivity contribution in [2.75, 3.05) is 13.2 Å². The average Bonchev–Trinajstić information content (AvgIpc) is 3.19. The first kappa shape index (κ1) is 17.5. The van der Waals surface area contributed by atoms with Gasteiger partial charge in [-0.1, -0.05) is 18.2 Å². The van der Waals surface area contributed by atoms with E-state index in [0.29, 0.717) is 30.0 Å². The summed E-state index contributed by atoms with van der Waals surface area (Å²) < 4.78 is 19.0. The number of carboxylic acid groups (broad SMARTS) is 1. The third kappa shape index (κ3) is 4.21. The summed E-state index contributed by atoms with van der Waals surface area (Å²) in [7, 11) is 0. The zero-order chi connectivity index (χ0) is 17.9. The van der Waals surface area contributed by atoms with Gasteiger partial charge in [0.25, 0.3) is 5.91 Å². The molecule has 0 radical (unpaired) electrons. The van der Waals surface area contributed by atoms with E-state index in [9.17, 15) is 14.0 Å². The molecule has 1 fully saturated rings. The molecular formula is C17H17FN2O4S. The van der Waals surface area contributed by atoms with Crippen LogP contribution < -0.4 is 5.32 Å². The van der Waals surface area contributed by atoms with E-state index in [1.54, 1.807) is 23.6 Å². The first-order chi connectivity index (χ1) is 12.0. The number of nitrogens with one attached hydrogen (secondary N) is 1. The number of rotatable bonds is 6. The number of hydrogen-bond acceptors (Lipinski definition) is 5. The van der Waals surface area contributed by atoms with Gasteiger partial charge in [-0.3, -0.25) is 9.59 Å². The Bertz CT molecular complexity index is 786. The van der Waals surface area contributed by atoms with Gasteiger partial charge in [0.05, 0.1) is 23.6 Å². The van der Waals surface area contributed by atoms with Gasteiger partial charge in [-0.25, -0.2) is 9.37 Å². The quantitative estimate of drug-likeness (QED) is 0.821. The molecule has 3 rings (SSSR count). The molecule has 1 atom stereocenters. The van der Waals surface area contributed by atoms with Crippen LogP contribution in [0.2, 0.25) is 0 Å². The number of carboxylic acids is 1. The Morgan fingerprint density at radius 1 is 1.40 bits per heavy atom. The van der Waals surface area contributed by atoms with Crippen molar-refractivity contribution in [3.05, 3.63) is 51.7 Å². The molecule has 0 bridgehead atoms. The van der Waals surface area contributed by atoms with E-state index in [-0.39, 0.29) is 24.5 Å². The van der Waals surface area contributed by atoms with Crippen molar-refractivity contribution in [2.24, 2.45) is 0 Å². The molecule has 1 aliphatic heterocycles. The van der Waals surface area contributed by atoms with Crippen molar-refractivity contribution in [1.82, 2.24) is 10.3 Å². The Morgan fingerprint density at radius 2 is 2.20 bits per heavy atom. The van der Waals surface area contributed by atoms with Gasteiger partial charge in [0.1, 0.15) is 11.5 Å². The lowest BCUT2D eigenvalue weighted by Crippen LogP contribution is -2.50. The molecule has 0 saturated carbocycles. The van der Waals surface area contributed by atoms with Crippen LogP contribution in [-0.4, -0.2) is 40.7 Å². The molecule has 6 nitrogen and oxygen atoms in total. The van der Waals surface area contributed by atoms with Crippen LogP contribution in [0.4, 0.5) is 4.39 Å². The predicted octanol–water partition coefficient (Wildman–Crippen LogP) is 2.24. The van der Waals surface area contributed by atoms with Crippen molar-refractivity contribution in [1.29, 1.82) is 0 Å². The van der Waals surface area contributed by atoms with E-state index in [0.717, 1.165) is 0 Å². The molecule has 25 heavy (non-hydrogen) atoms. The van der Waals surface area contributed by atoms with Gasteiger partial charge in [0.15, 0.2) is 0 Å². The number of thiazole rings is 1. The first-order valence-corrected chi connectivity index (χ1v) is 8.65. The third-order valence-corrected chi connectivity index (χ3v) is 4.90. The Balaban J connectivity index is 1.70. The monoisotopic (exact) mass is 364 g/mol. The number of carbonyl (C=O) groups excluding carboxylic acids is 1. The van der Waals surface area contributed by atoms with Gasteiger partial charge in [0, 0.05) is 18.4 Å². The largest absolute Gasteiger partial charge is 0.481 e. The minimum absolute atomic E-state index is 0.164. The highest BCUT2D eigenvalue weighted by Crippen LogP contribution is 2.24. The Labute approximate surface area is 147 Å². The van der Waals surface area contributed by atoms with E-state index in [1.807, 2.05) is 0 Å². The standard InChI is InChI=1S/C17H17FN2O4S/c18-12-4-2-1-3-11(12)7-14-19-13(9-25-14)16(23)20-17(8-15(21)22)5-6-24-10-17/h1-4,9H,5-8,10H2,(H,20,23)(H,21,22). The van der Waals surface area contributed by atoms with Crippen LogP contribution in [0.1, 0.15) is 33.9 Å². The lowest BCUT2D eigenvalue weighted by molar-refractivity contribution is -0.138. The Hall–Kier alpha value is -2.32. The molecule has 2 N–H and O–H groups in total. The zero-order valence-corrected chi connectivity index (χ0v) is 14.1. The SMILES string of the molecule is O=C(O)CC1(NC(=O)c2csc(Cc3ccccc3F)n2)CCOC1. The van der Waals surface area contributed by atoms with Crippen LogP contribution in [0.5, 0.6) is 0 Å². The molecular weight excluding hydrogens is 347 g/mol. The summed E-state index contributed by atoms with van der Waals surface area (Å²) in [5.41, 5.74) is -0.193. The fourth-order valence-electron chi connectivity index (χ4n) is 2.78. The summed E-state index contributed by atoms with van der Waals surface area (Å²) in [6.07, 6.45) is 0.538. The fourth-order valence-corrected chi connectivity index (χ4v) is 3.58. The Morgan fingerprint density at radius 3 is 2.88 bits per heavy atom. The highest BCUT2D eigenvalue weighted by molar-refractivity contribution is 7.09. The van der Waals surface area contributed by atoms with Crippen molar-refractivity contribution in [3.63, 3.8) is 0 Å². The zero-order valence-electron chi connectivity index (χ0n) is 13.3. The van der Waals surface area contributed by atoms with Crippen LogP contribution >= 0.6 is 11.3 Å². The lowest BCUT2D eigenvalue weighted by atomic mass is 9.94. The second-order valence-corrected chi connectivity index (χ2v) is 6.94. The van der Waals surface area contributed by atoms with Gasteiger partial charge < -0.3 is 15.2 Å². The predicted molar refractivity (Wildman–Crippen MR) is 89.2 cm³/mol. The van der Waals surface area contributed by atoms with Crippen LogP contribution in [-0.2, 0) is 16.0 Å². The van der Waals surface area contributed by atoms with Gasteiger partial charge in [-0.2, -0.15) is 0 Å². The van der Waals surface area contributed by atoms with Crippen LogP contribution in [0.25, 0.3) is 0 Å². The number of aliphatic carboxylic acids is 1. The number of nitrogens with zero attached hydrogens (tertiary/aromatic N) is 1. The van der Waals surface area contributed by atoms with Gasteiger partial charge in [-0.05, 0) is 18.1 Å². The summed E-state index contributed by atoms with van der Waals surface area (Å²) in [5, 5.41) is 14.0. The molecule has 0 spiro atoms. The maximum Gasteiger partial charge on any atom is 0.305 e. The first-order valence-electron chi connectivity index (χ1n) is 7.77. The van der Waals surface area contributed by atoms with Crippen LogP contribution in [0.3, 0.4) is 0 Å². The molecule has 0 aliphatic carbocycles. The topological polar surface area (TPSA) is 88.5 Å². The molecule has 132 valence electrons. The average molecular weight is 364 g/mol. The summed E-state index contributed by atoms with van der Waals surface area (Å²) in [6.45, 7) is 0.570. The third-order valence-electron chi connectivity index (χ3n) is 4.06. The molecule has 1 aliphatic rings. The molecule has 1 aromatic carbocycles. The van der Waals surface area contributed by atoms with Gasteiger partial charge in [0.2, 0.25) is 0 Å². The number of hydrogen-bond donors (Lipinski definition) is 2. The van der Waals surface area contributed by atoms with E-state index in [2.05, 4.69) is 10.3 Å². The highest BCUT2D eigenvalue weighted by Gasteiger charge is 2.39. The number of aromatic nitrogens is 1. The molecule has 8 heteroatoms. The molecule has 1 aromatic heterocycles. The maximum atomic E-state index is 13.7. The smallest absolute Gasteiger partial charge is 0.305 e. The van der Waals surface area contributed by atoms with Crippen molar-refractivity contribution in [3.8, 4) is 0 Å². The van der Waals surface area contributed by atoms with Gasteiger partial charge >= 0.3 is 5.97 Å². The van der Waals surface area contributed by atoms with Crippen molar-refractivity contribution in [2.45, 2.75) is 24.8 Å². The number of benzene rings is 1. The second-order valence-electron chi connectivity index (χ2n) is 6.00. The normalized spacial score (nSPS) is 19.7. The molecule has 2 aromatic rings. The van der Waals surface area contributed by atoms with E-state index in [1.165, 1.54) is 17.4 Å². The summed E-state index contributed by atoms with van der Waals surface area (Å²) >= 11 is 1.27. The summed E-state index contributed by atoms with van der Waals surface area (Å²) in [4.78, 5) is 27.7. The maximum absolute atomic E-state index is 13.7. The molecule has 1 amide bonds. The minimum atomic E-state index is -0.996. The van der Waals surface area contributed by atoms with Gasteiger partial charge in [-0.15, -0.1) is 11.3 Å². The second kappa shape index (κ2) is 7.28. The van der Waals surface area contributed by atoms with E-state index < -0.39 is 17.4 Å². The van der Waals surface area contributed by atoms with E-state index in [4.69, 9.17) is 9.84 Å². The number of amides is 1.